The van der Waals surface area contributed by atoms with Crippen LogP contribution in [0.5, 0.6) is 0 Å². The molecule has 0 fully saturated rings. The molecule has 0 aliphatic carbocycles. The molecule has 24 heavy (non-hydrogen) atoms. The summed E-state index contributed by atoms with van der Waals surface area (Å²) in [7, 11) is -2.67. The Hall–Kier alpha value is -1.49. The molecule has 2 nitrogen and oxygen atoms in total. The molecule has 4 heteroatoms. The molecular formula is C20H28FNOSi. The number of hydrogen-bond donors (Lipinski definition) is 1. The summed E-state index contributed by atoms with van der Waals surface area (Å²) in [5, 5.41) is 2.15. The normalized spacial score (nSPS) is 15.1. The zero-order chi connectivity index (χ0) is 17.8. The van der Waals surface area contributed by atoms with E-state index >= 15 is 0 Å². The number of halogens is 1. The maximum atomic E-state index is 14.5. The van der Waals surface area contributed by atoms with Gasteiger partial charge in [-0.15, -0.1) is 0 Å². The van der Waals surface area contributed by atoms with Gasteiger partial charge in [0.05, 0.1) is 6.61 Å². The Bertz CT molecular complexity index is 598. The van der Waals surface area contributed by atoms with Crippen LogP contribution in [0.1, 0.15) is 27.7 Å². The van der Waals surface area contributed by atoms with E-state index < -0.39 is 14.0 Å². The molecule has 0 aromatic heterocycles. The lowest BCUT2D eigenvalue weighted by molar-refractivity contribution is 0.104. The summed E-state index contributed by atoms with van der Waals surface area (Å²) in [6, 6.07) is 20.5. The third kappa shape index (κ3) is 3.77. The first-order valence-corrected chi connectivity index (χ1v) is 10.3. The molecule has 0 spiro atoms. The Morgan fingerprint density at radius 3 is 1.62 bits per heavy atom. The number of alkyl halides is 1. The third-order valence-corrected chi connectivity index (χ3v) is 9.41. The van der Waals surface area contributed by atoms with E-state index in [2.05, 4.69) is 45.0 Å². The highest BCUT2D eigenvalue weighted by Gasteiger charge is 2.51. The van der Waals surface area contributed by atoms with Gasteiger partial charge in [0.25, 0.3) is 8.32 Å². The second-order valence-electron chi connectivity index (χ2n) is 7.57. The predicted molar refractivity (Wildman–Crippen MR) is 102 cm³/mol. The lowest BCUT2D eigenvalue weighted by Gasteiger charge is -2.44. The lowest BCUT2D eigenvalue weighted by Crippen LogP contribution is -2.67. The van der Waals surface area contributed by atoms with Crippen LogP contribution in [0, 0.1) is 0 Å². The summed E-state index contributed by atoms with van der Waals surface area (Å²) in [5.74, 6) is 0. The van der Waals surface area contributed by atoms with Crippen LogP contribution in [0.2, 0.25) is 5.04 Å². The number of nitrogens with two attached hydrogens (primary N) is 1. The van der Waals surface area contributed by atoms with Gasteiger partial charge in [0.2, 0.25) is 0 Å². The van der Waals surface area contributed by atoms with Crippen molar-refractivity contribution in [2.45, 2.75) is 38.4 Å². The van der Waals surface area contributed by atoms with Crippen LogP contribution in [0.25, 0.3) is 0 Å². The number of hydrogen-bond acceptors (Lipinski definition) is 2. The van der Waals surface area contributed by atoms with Gasteiger partial charge in [0.1, 0.15) is 5.67 Å². The minimum atomic E-state index is -2.67. The van der Waals surface area contributed by atoms with Crippen LogP contribution in [-0.2, 0) is 4.43 Å². The fourth-order valence-corrected chi connectivity index (χ4v) is 7.75. The highest BCUT2D eigenvalue weighted by molar-refractivity contribution is 6.99. The van der Waals surface area contributed by atoms with E-state index in [1.165, 1.54) is 6.92 Å². The minimum Gasteiger partial charge on any atom is -0.404 e. The Morgan fingerprint density at radius 1 is 0.875 bits per heavy atom. The lowest BCUT2D eigenvalue weighted by atomic mass is 10.1. The standard InChI is InChI=1S/C20H28FNOSi/c1-19(2,3)24(17-11-7-5-8-12-17,18-13-9-6-10-14-18)23-16-20(4,21)15-22/h5-14H,15-16,22H2,1-4H3/t20-/m1/s1. The summed E-state index contributed by atoms with van der Waals surface area (Å²) >= 11 is 0. The molecule has 0 saturated heterocycles. The molecule has 0 heterocycles. The average molecular weight is 346 g/mol. The van der Waals surface area contributed by atoms with Gasteiger partial charge in [-0.3, -0.25) is 0 Å². The molecule has 0 bridgehead atoms. The molecule has 2 rings (SSSR count). The van der Waals surface area contributed by atoms with Crippen molar-refractivity contribution in [2.24, 2.45) is 5.73 Å². The van der Waals surface area contributed by atoms with E-state index in [0.29, 0.717) is 0 Å². The van der Waals surface area contributed by atoms with Gasteiger partial charge >= 0.3 is 0 Å². The smallest absolute Gasteiger partial charge is 0.261 e. The second kappa shape index (κ2) is 7.17. The third-order valence-electron chi connectivity index (χ3n) is 4.43. The van der Waals surface area contributed by atoms with E-state index in [4.69, 9.17) is 10.2 Å². The van der Waals surface area contributed by atoms with E-state index in [0.717, 1.165) is 10.4 Å². The first kappa shape index (κ1) is 18.8. The maximum Gasteiger partial charge on any atom is 0.261 e. The van der Waals surface area contributed by atoms with Crippen molar-refractivity contribution in [1.29, 1.82) is 0 Å². The van der Waals surface area contributed by atoms with Crippen LogP contribution < -0.4 is 16.1 Å². The quantitative estimate of drug-likeness (QED) is 0.816. The first-order chi connectivity index (χ1) is 11.2. The molecule has 0 aliphatic rings. The Kier molecular flexibility index (Phi) is 5.63. The predicted octanol–water partition coefficient (Wildman–Crippen LogP) is 3.25. The van der Waals surface area contributed by atoms with Crippen molar-refractivity contribution in [3.05, 3.63) is 60.7 Å². The molecule has 0 radical (unpaired) electrons. The zero-order valence-electron chi connectivity index (χ0n) is 15.1. The highest BCUT2D eigenvalue weighted by atomic mass is 28.4. The average Bonchev–Trinajstić information content (AvgIpc) is 2.56. The Morgan fingerprint density at radius 2 is 1.29 bits per heavy atom. The maximum absolute atomic E-state index is 14.5. The molecule has 0 saturated carbocycles. The largest absolute Gasteiger partial charge is 0.404 e. The summed E-state index contributed by atoms with van der Waals surface area (Å²) in [6.45, 7) is 7.98. The van der Waals surface area contributed by atoms with Crippen LogP contribution in [-0.4, -0.2) is 27.1 Å². The zero-order valence-corrected chi connectivity index (χ0v) is 16.1. The molecule has 2 N–H and O–H groups in total. The van der Waals surface area contributed by atoms with Crippen LogP contribution in [0.4, 0.5) is 4.39 Å². The van der Waals surface area contributed by atoms with Gasteiger partial charge in [0.15, 0.2) is 0 Å². The Labute approximate surface area is 146 Å². The SMILES string of the molecule is CC(C)(C)[Si](OC[C@](C)(F)CN)(c1ccccc1)c1ccccc1. The van der Waals surface area contributed by atoms with Crippen LogP contribution in [0.3, 0.4) is 0 Å². The molecule has 130 valence electrons. The summed E-state index contributed by atoms with van der Waals surface area (Å²) < 4.78 is 21.0. The van der Waals surface area contributed by atoms with Crippen molar-refractivity contribution in [3.8, 4) is 0 Å². The van der Waals surface area contributed by atoms with E-state index in [9.17, 15) is 4.39 Å². The van der Waals surface area contributed by atoms with E-state index in [1.807, 2.05) is 36.4 Å². The first-order valence-electron chi connectivity index (χ1n) is 8.37. The molecule has 0 unspecified atom stereocenters. The highest BCUT2D eigenvalue weighted by Crippen LogP contribution is 2.37. The fraction of sp³-hybridized carbons (Fsp3) is 0.400. The Balaban J connectivity index is 2.62. The van der Waals surface area contributed by atoms with Crippen molar-refractivity contribution in [1.82, 2.24) is 0 Å². The number of rotatable bonds is 6. The van der Waals surface area contributed by atoms with Gasteiger partial charge < -0.3 is 10.2 Å². The van der Waals surface area contributed by atoms with E-state index in [-0.39, 0.29) is 18.2 Å². The van der Waals surface area contributed by atoms with Gasteiger partial charge in [-0.2, -0.15) is 0 Å². The molecule has 2 aromatic rings. The molecular weight excluding hydrogens is 317 g/mol. The summed E-state index contributed by atoms with van der Waals surface area (Å²) in [6.07, 6.45) is 0. The van der Waals surface area contributed by atoms with Gasteiger partial charge in [-0.05, 0) is 22.3 Å². The van der Waals surface area contributed by atoms with Crippen molar-refractivity contribution in [2.75, 3.05) is 13.2 Å². The van der Waals surface area contributed by atoms with Crippen LogP contribution in [0.15, 0.2) is 60.7 Å². The molecule has 2 aromatic carbocycles. The van der Waals surface area contributed by atoms with E-state index in [1.54, 1.807) is 0 Å². The molecule has 0 amide bonds. The summed E-state index contributed by atoms with van der Waals surface area (Å²) in [5.41, 5.74) is 4.05. The molecule has 0 aliphatic heterocycles. The van der Waals surface area contributed by atoms with Gasteiger partial charge in [0, 0.05) is 6.54 Å². The fourth-order valence-electron chi connectivity index (χ4n) is 3.08. The van der Waals surface area contributed by atoms with Crippen molar-refractivity contribution >= 4 is 18.7 Å². The number of benzene rings is 2. The minimum absolute atomic E-state index is 0.00319. The molecule has 1 atom stereocenters. The van der Waals surface area contributed by atoms with Crippen LogP contribution >= 0.6 is 0 Å². The van der Waals surface area contributed by atoms with Gasteiger partial charge in [-0.25, -0.2) is 4.39 Å². The topological polar surface area (TPSA) is 35.2 Å². The van der Waals surface area contributed by atoms with Gasteiger partial charge in [-0.1, -0.05) is 81.4 Å². The summed E-state index contributed by atoms with van der Waals surface area (Å²) in [4.78, 5) is 0. The van der Waals surface area contributed by atoms with Crippen molar-refractivity contribution in [3.63, 3.8) is 0 Å². The van der Waals surface area contributed by atoms with Crippen molar-refractivity contribution < 1.29 is 8.82 Å². The monoisotopic (exact) mass is 345 g/mol. The second-order valence-corrected chi connectivity index (χ2v) is 11.9.